The Morgan fingerprint density at radius 1 is 1.17 bits per heavy atom. The van der Waals surface area contributed by atoms with Crippen molar-refractivity contribution in [3.8, 4) is 5.75 Å². The van der Waals surface area contributed by atoms with Gasteiger partial charge in [-0.25, -0.2) is 0 Å². The SMILES string of the molecule is O=C1C[C@H]2CNCCN2c2cc(OCCc3cccc(C(F)(F)F)c3)ccc2N1. The molecule has 5 nitrogen and oxygen atoms in total. The Kier molecular flexibility index (Phi) is 5.36. The Morgan fingerprint density at radius 2 is 2.03 bits per heavy atom. The molecule has 8 heteroatoms. The molecule has 1 saturated heterocycles. The Bertz CT molecular complexity index is 901. The number of halogens is 3. The average molecular weight is 405 g/mol. The van der Waals surface area contributed by atoms with Crippen LogP contribution in [0.2, 0.25) is 0 Å². The zero-order valence-electron chi connectivity index (χ0n) is 15.8. The molecule has 2 aromatic rings. The van der Waals surface area contributed by atoms with Crippen LogP contribution in [0.3, 0.4) is 0 Å². The van der Waals surface area contributed by atoms with Crippen LogP contribution in [-0.4, -0.2) is 38.2 Å². The first kappa shape index (κ1) is 19.6. The first-order valence-corrected chi connectivity index (χ1v) is 9.60. The second-order valence-electron chi connectivity index (χ2n) is 7.28. The third kappa shape index (κ3) is 4.48. The lowest BCUT2D eigenvalue weighted by atomic mass is 10.1. The molecule has 2 aliphatic rings. The highest BCUT2D eigenvalue weighted by Gasteiger charge is 2.31. The number of hydrogen-bond acceptors (Lipinski definition) is 4. The number of nitrogens with one attached hydrogen (secondary N) is 2. The molecule has 2 heterocycles. The molecule has 0 aromatic heterocycles. The molecule has 29 heavy (non-hydrogen) atoms. The largest absolute Gasteiger partial charge is 0.493 e. The molecule has 2 aliphatic heterocycles. The molecule has 0 spiro atoms. The van der Waals surface area contributed by atoms with E-state index in [0.29, 0.717) is 24.2 Å². The average Bonchev–Trinajstić information content (AvgIpc) is 2.83. The molecular formula is C21H22F3N3O2. The quantitative estimate of drug-likeness (QED) is 0.818. The number of hydrogen-bond donors (Lipinski definition) is 2. The van der Waals surface area contributed by atoms with Crippen molar-refractivity contribution in [2.24, 2.45) is 0 Å². The van der Waals surface area contributed by atoms with E-state index in [1.54, 1.807) is 12.1 Å². The summed E-state index contributed by atoms with van der Waals surface area (Å²) in [6.45, 7) is 2.63. The van der Waals surface area contributed by atoms with Gasteiger partial charge in [-0.1, -0.05) is 18.2 Å². The maximum absolute atomic E-state index is 12.8. The van der Waals surface area contributed by atoms with Crippen LogP contribution in [0.15, 0.2) is 42.5 Å². The maximum atomic E-state index is 12.8. The number of anilines is 2. The summed E-state index contributed by atoms with van der Waals surface area (Å²) in [6.07, 6.45) is -3.56. The minimum atomic E-state index is -4.35. The normalized spacial score (nSPS) is 19.1. The molecule has 2 aromatic carbocycles. The van der Waals surface area contributed by atoms with Crippen molar-refractivity contribution in [3.05, 3.63) is 53.6 Å². The summed E-state index contributed by atoms with van der Waals surface area (Å²) < 4.78 is 44.3. The van der Waals surface area contributed by atoms with E-state index in [1.807, 2.05) is 12.1 Å². The number of carbonyl (C=O) groups excluding carboxylic acids is 1. The topological polar surface area (TPSA) is 53.6 Å². The van der Waals surface area contributed by atoms with E-state index in [9.17, 15) is 18.0 Å². The number of rotatable bonds is 4. The number of benzene rings is 2. The van der Waals surface area contributed by atoms with Gasteiger partial charge in [0, 0.05) is 38.5 Å². The van der Waals surface area contributed by atoms with Gasteiger partial charge in [0.1, 0.15) is 5.75 Å². The molecule has 1 atom stereocenters. The maximum Gasteiger partial charge on any atom is 0.416 e. The van der Waals surface area contributed by atoms with E-state index in [-0.39, 0.29) is 18.6 Å². The van der Waals surface area contributed by atoms with Gasteiger partial charge < -0.3 is 20.3 Å². The van der Waals surface area contributed by atoms with Gasteiger partial charge in [0.2, 0.25) is 5.91 Å². The Balaban J connectivity index is 1.46. The summed E-state index contributed by atoms with van der Waals surface area (Å²) >= 11 is 0. The monoisotopic (exact) mass is 405 g/mol. The molecular weight excluding hydrogens is 383 g/mol. The van der Waals surface area contributed by atoms with E-state index in [4.69, 9.17) is 4.74 Å². The zero-order valence-corrected chi connectivity index (χ0v) is 15.8. The van der Waals surface area contributed by atoms with Gasteiger partial charge in [0.25, 0.3) is 0 Å². The summed E-state index contributed by atoms with van der Waals surface area (Å²) in [5, 5.41) is 6.25. The van der Waals surface area contributed by atoms with Crippen LogP contribution < -0.4 is 20.3 Å². The summed E-state index contributed by atoms with van der Waals surface area (Å²) in [5.41, 5.74) is 1.59. The second kappa shape index (κ2) is 7.94. The van der Waals surface area contributed by atoms with Crippen LogP contribution in [0.25, 0.3) is 0 Å². The fourth-order valence-electron chi connectivity index (χ4n) is 3.81. The molecule has 0 unspecified atom stereocenters. The van der Waals surface area contributed by atoms with Crippen LogP contribution in [0.4, 0.5) is 24.5 Å². The molecule has 154 valence electrons. The van der Waals surface area contributed by atoms with Gasteiger partial charge in [-0.2, -0.15) is 13.2 Å². The van der Waals surface area contributed by atoms with E-state index in [2.05, 4.69) is 15.5 Å². The van der Waals surface area contributed by atoms with Gasteiger partial charge in [-0.3, -0.25) is 4.79 Å². The van der Waals surface area contributed by atoms with Crippen LogP contribution in [0.1, 0.15) is 17.5 Å². The standard InChI is InChI=1S/C21H22F3N3O2/c22-21(23,24)15-3-1-2-14(10-15)6-9-29-17-4-5-18-19(12-17)27-8-7-25-13-16(27)11-20(28)26-18/h1-5,10,12,16,25H,6-9,11,13H2,(H,26,28)/t16-/m0/s1. The van der Waals surface area contributed by atoms with E-state index >= 15 is 0 Å². The lowest BCUT2D eigenvalue weighted by Gasteiger charge is -2.36. The number of alkyl halides is 3. The Hall–Kier alpha value is -2.74. The van der Waals surface area contributed by atoms with E-state index in [0.717, 1.165) is 43.1 Å². The molecule has 0 bridgehead atoms. The van der Waals surface area contributed by atoms with Crippen molar-refractivity contribution in [1.82, 2.24) is 5.32 Å². The lowest BCUT2D eigenvalue weighted by Crippen LogP contribution is -2.51. The number of ether oxygens (including phenoxy) is 1. The number of carbonyl (C=O) groups is 1. The van der Waals surface area contributed by atoms with Crippen LogP contribution in [0.5, 0.6) is 5.75 Å². The number of piperazine rings is 1. The molecule has 4 rings (SSSR count). The minimum absolute atomic E-state index is 0.0133. The molecule has 0 aliphatic carbocycles. The van der Waals surface area contributed by atoms with Crippen molar-refractivity contribution in [3.63, 3.8) is 0 Å². The molecule has 1 amide bonds. The zero-order chi connectivity index (χ0) is 20.4. The first-order valence-electron chi connectivity index (χ1n) is 9.60. The smallest absolute Gasteiger partial charge is 0.416 e. The van der Waals surface area contributed by atoms with Crippen molar-refractivity contribution >= 4 is 17.3 Å². The van der Waals surface area contributed by atoms with Crippen LogP contribution in [-0.2, 0) is 17.4 Å². The third-order valence-corrected chi connectivity index (χ3v) is 5.24. The Labute approximate surface area is 166 Å². The highest BCUT2D eigenvalue weighted by molar-refractivity contribution is 5.97. The summed E-state index contributed by atoms with van der Waals surface area (Å²) in [7, 11) is 0. The molecule has 0 saturated carbocycles. The fraction of sp³-hybridized carbons (Fsp3) is 0.381. The third-order valence-electron chi connectivity index (χ3n) is 5.24. The lowest BCUT2D eigenvalue weighted by molar-refractivity contribution is -0.137. The van der Waals surface area contributed by atoms with Crippen molar-refractivity contribution < 1.29 is 22.7 Å². The van der Waals surface area contributed by atoms with Gasteiger partial charge in [0.15, 0.2) is 0 Å². The summed E-state index contributed by atoms with van der Waals surface area (Å²) in [5.74, 6) is 0.616. The molecule has 2 N–H and O–H groups in total. The van der Waals surface area contributed by atoms with Gasteiger partial charge in [-0.15, -0.1) is 0 Å². The van der Waals surface area contributed by atoms with Gasteiger partial charge in [0.05, 0.1) is 29.6 Å². The summed E-state index contributed by atoms with van der Waals surface area (Å²) in [6, 6.07) is 10.9. The Morgan fingerprint density at radius 3 is 2.86 bits per heavy atom. The van der Waals surface area contributed by atoms with Crippen molar-refractivity contribution in [2.45, 2.75) is 25.1 Å². The molecule has 1 fully saturated rings. The molecule has 0 radical (unpaired) electrons. The second-order valence-corrected chi connectivity index (χ2v) is 7.28. The highest BCUT2D eigenvalue weighted by Crippen LogP contribution is 2.35. The van der Waals surface area contributed by atoms with E-state index in [1.165, 1.54) is 6.07 Å². The van der Waals surface area contributed by atoms with Crippen LogP contribution in [0, 0.1) is 0 Å². The number of nitrogens with zero attached hydrogens (tertiary/aromatic N) is 1. The van der Waals surface area contributed by atoms with E-state index < -0.39 is 11.7 Å². The number of amides is 1. The fourth-order valence-corrected chi connectivity index (χ4v) is 3.81. The van der Waals surface area contributed by atoms with Gasteiger partial charge >= 0.3 is 6.18 Å². The highest BCUT2D eigenvalue weighted by atomic mass is 19.4. The predicted octanol–water partition coefficient (Wildman–Crippen LogP) is 3.45. The van der Waals surface area contributed by atoms with Crippen molar-refractivity contribution in [2.75, 3.05) is 36.5 Å². The predicted molar refractivity (Wildman–Crippen MR) is 104 cm³/mol. The summed E-state index contributed by atoms with van der Waals surface area (Å²) in [4.78, 5) is 14.3. The first-order chi connectivity index (χ1) is 13.9. The van der Waals surface area contributed by atoms with Gasteiger partial charge in [-0.05, 0) is 23.8 Å². The number of fused-ring (bicyclic) bond motifs is 3. The van der Waals surface area contributed by atoms with Crippen LogP contribution >= 0.6 is 0 Å². The minimum Gasteiger partial charge on any atom is -0.493 e. The van der Waals surface area contributed by atoms with Crippen molar-refractivity contribution in [1.29, 1.82) is 0 Å².